The van der Waals surface area contributed by atoms with Gasteiger partial charge in [0, 0.05) is 11.5 Å². The minimum Gasteiger partial charge on any atom is -0.493 e. The first-order valence-electron chi connectivity index (χ1n) is 5.38. The van der Waals surface area contributed by atoms with Gasteiger partial charge in [0.05, 0.1) is 25.1 Å². The summed E-state index contributed by atoms with van der Waals surface area (Å²) in [6.07, 6.45) is 1.43. The highest BCUT2D eigenvalue weighted by atomic mass is 16.5. The fraction of sp³-hybridized carbons (Fsp3) is 0.167. The van der Waals surface area contributed by atoms with Crippen LogP contribution >= 0.6 is 0 Å². The number of nitrogens with two attached hydrogens (primary N) is 1. The van der Waals surface area contributed by atoms with E-state index in [4.69, 9.17) is 15.2 Å². The maximum Gasteiger partial charge on any atom is 0.162 e. The van der Waals surface area contributed by atoms with Gasteiger partial charge in [0.1, 0.15) is 17.8 Å². The summed E-state index contributed by atoms with van der Waals surface area (Å²) in [5, 5.41) is 1.72. The Balaban J connectivity index is 2.45. The molecule has 0 aliphatic rings. The third-order valence-electron chi connectivity index (χ3n) is 2.92. The normalized spacial score (nSPS) is 11.0. The van der Waals surface area contributed by atoms with Crippen LogP contribution in [0.25, 0.3) is 21.9 Å². The molecule has 0 radical (unpaired) electrons. The zero-order valence-electron chi connectivity index (χ0n) is 10.0. The topological polar surface area (TPSA) is 86.0 Å². The number of fused-ring (bicyclic) bond motifs is 3. The maximum atomic E-state index is 5.89. The van der Waals surface area contributed by atoms with Gasteiger partial charge >= 0.3 is 0 Å². The number of methoxy groups -OCH3 is 2. The molecule has 0 unspecified atom stereocenters. The monoisotopic (exact) mass is 244 g/mol. The Morgan fingerprint density at radius 3 is 2.56 bits per heavy atom. The number of nitrogens with one attached hydrogen (secondary N) is 1. The molecular weight excluding hydrogens is 232 g/mol. The predicted octanol–water partition coefficient (Wildman–Crippen LogP) is 1.71. The van der Waals surface area contributed by atoms with Crippen molar-refractivity contribution in [3.63, 3.8) is 0 Å². The van der Waals surface area contributed by atoms with Crippen molar-refractivity contribution < 1.29 is 9.47 Å². The lowest BCUT2D eigenvalue weighted by Gasteiger charge is -2.07. The molecule has 2 heterocycles. The molecule has 0 spiro atoms. The molecule has 0 aliphatic heterocycles. The van der Waals surface area contributed by atoms with Gasteiger partial charge in [-0.15, -0.1) is 0 Å². The van der Waals surface area contributed by atoms with Gasteiger partial charge in [-0.3, -0.25) is 0 Å². The van der Waals surface area contributed by atoms with Crippen LogP contribution in [0.1, 0.15) is 0 Å². The lowest BCUT2D eigenvalue weighted by molar-refractivity contribution is 0.356. The van der Waals surface area contributed by atoms with Crippen LogP contribution in [0.15, 0.2) is 18.5 Å². The van der Waals surface area contributed by atoms with Crippen LogP contribution in [-0.4, -0.2) is 29.2 Å². The van der Waals surface area contributed by atoms with Gasteiger partial charge in [-0.1, -0.05) is 0 Å². The third kappa shape index (κ3) is 1.35. The van der Waals surface area contributed by atoms with Crippen molar-refractivity contribution in [3.8, 4) is 11.5 Å². The number of aromatic nitrogens is 3. The molecule has 0 bridgehead atoms. The lowest BCUT2D eigenvalue weighted by atomic mass is 10.2. The zero-order chi connectivity index (χ0) is 12.7. The third-order valence-corrected chi connectivity index (χ3v) is 2.92. The molecule has 6 heteroatoms. The van der Waals surface area contributed by atoms with Gasteiger partial charge in [0.2, 0.25) is 0 Å². The summed E-state index contributed by atoms with van der Waals surface area (Å²) in [5.74, 6) is 1.75. The average molecular weight is 244 g/mol. The van der Waals surface area contributed by atoms with Crippen LogP contribution in [0.4, 0.5) is 5.82 Å². The molecule has 3 rings (SSSR count). The molecule has 92 valence electrons. The van der Waals surface area contributed by atoms with Crippen LogP contribution in [0, 0.1) is 0 Å². The van der Waals surface area contributed by atoms with Gasteiger partial charge in [-0.2, -0.15) is 0 Å². The summed E-state index contributed by atoms with van der Waals surface area (Å²) >= 11 is 0. The highest BCUT2D eigenvalue weighted by Crippen LogP contribution is 2.36. The summed E-state index contributed by atoms with van der Waals surface area (Å²) in [6, 6.07) is 3.72. The Bertz CT molecular complexity index is 736. The molecular formula is C12H12N4O2. The van der Waals surface area contributed by atoms with E-state index in [0.29, 0.717) is 23.0 Å². The Labute approximate surface area is 103 Å². The van der Waals surface area contributed by atoms with E-state index in [9.17, 15) is 0 Å². The van der Waals surface area contributed by atoms with Crippen LogP contribution < -0.4 is 15.2 Å². The minimum atomic E-state index is 0.443. The van der Waals surface area contributed by atoms with Crippen molar-refractivity contribution >= 4 is 27.8 Å². The van der Waals surface area contributed by atoms with Gasteiger partial charge in [0.15, 0.2) is 11.5 Å². The fourth-order valence-electron chi connectivity index (χ4n) is 2.08. The largest absolute Gasteiger partial charge is 0.493 e. The quantitative estimate of drug-likeness (QED) is 0.716. The van der Waals surface area contributed by atoms with Crippen LogP contribution in [0.3, 0.4) is 0 Å². The van der Waals surface area contributed by atoms with Gasteiger partial charge in [0.25, 0.3) is 0 Å². The lowest BCUT2D eigenvalue weighted by Crippen LogP contribution is -1.92. The van der Waals surface area contributed by atoms with E-state index in [-0.39, 0.29) is 0 Å². The van der Waals surface area contributed by atoms with Crippen molar-refractivity contribution in [2.75, 3.05) is 20.0 Å². The van der Waals surface area contributed by atoms with E-state index in [1.807, 2.05) is 12.1 Å². The van der Waals surface area contributed by atoms with Gasteiger partial charge in [-0.25, -0.2) is 9.97 Å². The highest BCUT2D eigenvalue weighted by Gasteiger charge is 2.13. The number of rotatable bonds is 2. The van der Waals surface area contributed by atoms with E-state index < -0.39 is 0 Å². The Kier molecular flexibility index (Phi) is 2.22. The molecule has 0 atom stereocenters. The number of hydrogen-bond acceptors (Lipinski definition) is 5. The molecule has 0 amide bonds. The molecule has 0 aliphatic carbocycles. The number of hydrogen-bond donors (Lipinski definition) is 2. The Hall–Kier alpha value is -2.50. The Morgan fingerprint density at radius 1 is 1.11 bits per heavy atom. The minimum absolute atomic E-state index is 0.443. The summed E-state index contributed by atoms with van der Waals surface area (Å²) < 4.78 is 10.5. The molecule has 18 heavy (non-hydrogen) atoms. The maximum absolute atomic E-state index is 5.89. The van der Waals surface area contributed by atoms with Crippen molar-refractivity contribution in [1.82, 2.24) is 15.0 Å². The van der Waals surface area contributed by atoms with E-state index in [2.05, 4.69) is 15.0 Å². The van der Waals surface area contributed by atoms with Crippen molar-refractivity contribution in [3.05, 3.63) is 18.5 Å². The molecule has 3 N–H and O–H groups in total. The highest BCUT2D eigenvalue weighted by molar-refractivity contribution is 6.11. The molecule has 3 aromatic rings. The van der Waals surface area contributed by atoms with E-state index in [0.717, 1.165) is 16.3 Å². The van der Waals surface area contributed by atoms with Crippen LogP contribution in [-0.2, 0) is 0 Å². The SMILES string of the molecule is COc1cc2[nH]c3ncnc(N)c3c2cc1OC. The summed E-state index contributed by atoms with van der Waals surface area (Å²) in [6.45, 7) is 0. The number of ether oxygens (including phenoxy) is 2. The second-order valence-electron chi connectivity index (χ2n) is 3.86. The van der Waals surface area contributed by atoms with Gasteiger partial charge < -0.3 is 20.2 Å². The number of benzene rings is 1. The zero-order valence-corrected chi connectivity index (χ0v) is 10.0. The first-order chi connectivity index (χ1) is 8.74. The number of nitrogens with zero attached hydrogens (tertiary/aromatic N) is 2. The number of nitrogen functional groups attached to an aromatic ring is 1. The molecule has 6 nitrogen and oxygen atoms in total. The van der Waals surface area contributed by atoms with E-state index in [1.54, 1.807) is 14.2 Å². The van der Waals surface area contributed by atoms with Crippen LogP contribution in [0.5, 0.6) is 11.5 Å². The number of H-pyrrole nitrogens is 1. The second kappa shape index (κ2) is 3.76. The number of aromatic amines is 1. The average Bonchev–Trinajstić information content (AvgIpc) is 2.75. The summed E-state index contributed by atoms with van der Waals surface area (Å²) in [7, 11) is 3.19. The standard InChI is InChI=1S/C12H12N4O2/c1-17-8-3-6-7(4-9(8)18-2)16-12-10(6)11(13)14-5-15-12/h3-5H,1-2H3,(H3,13,14,15,16). The molecule has 0 saturated carbocycles. The fourth-order valence-corrected chi connectivity index (χ4v) is 2.08. The van der Waals surface area contributed by atoms with Gasteiger partial charge in [-0.05, 0) is 6.07 Å². The molecule has 0 fully saturated rings. The molecule has 0 saturated heterocycles. The number of anilines is 1. The summed E-state index contributed by atoms with van der Waals surface area (Å²) in [4.78, 5) is 11.3. The van der Waals surface area contributed by atoms with Crippen molar-refractivity contribution in [2.45, 2.75) is 0 Å². The first kappa shape index (κ1) is 10.6. The van der Waals surface area contributed by atoms with Crippen molar-refractivity contribution in [1.29, 1.82) is 0 Å². The molecule has 2 aromatic heterocycles. The Morgan fingerprint density at radius 2 is 1.83 bits per heavy atom. The first-order valence-corrected chi connectivity index (χ1v) is 5.38. The van der Waals surface area contributed by atoms with E-state index in [1.165, 1.54) is 6.33 Å². The van der Waals surface area contributed by atoms with Crippen molar-refractivity contribution in [2.24, 2.45) is 0 Å². The molecule has 1 aromatic carbocycles. The second-order valence-corrected chi connectivity index (χ2v) is 3.86. The summed E-state index contributed by atoms with van der Waals surface area (Å²) in [5.41, 5.74) is 7.47. The smallest absolute Gasteiger partial charge is 0.162 e. The van der Waals surface area contributed by atoms with E-state index >= 15 is 0 Å². The van der Waals surface area contributed by atoms with Crippen LogP contribution in [0.2, 0.25) is 0 Å². The predicted molar refractivity (Wildman–Crippen MR) is 68.9 cm³/mol.